The summed E-state index contributed by atoms with van der Waals surface area (Å²) < 4.78 is 0. The fraction of sp³-hybridized carbons (Fsp3) is 0.444. The summed E-state index contributed by atoms with van der Waals surface area (Å²) in [5.74, 6) is 0.524. The molecule has 23 heavy (non-hydrogen) atoms. The van der Waals surface area contributed by atoms with Crippen molar-refractivity contribution in [2.45, 2.75) is 32.2 Å². The number of aromatic nitrogens is 1. The highest BCUT2D eigenvalue weighted by atomic mass is 32.1. The minimum atomic E-state index is -0.0658. The molecule has 3 rings (SSSR count). The van der Waals surface area contributed by atoms with Crippen molar-refractivity contribution in [1.82, 2.24) is 10.3 Å². The Labute approximate surface area is 141 Å². The van der Waals surface area contributed by atoms with E-state index in [9.17, 15) is 4.79 Å². The molecule has 1 saturated carbocycles. The van der Waals surface area contributed by atoms with Crippen molar-refractivity contribution >= 4 is 17.2 Å². The predicted molar refractivity (Wildman–Crippen MR) is 94.0 cm³/mol. The van der Waals surface area contributed by atoms with E-state index >= 15 is 0 Å². The fourth-order valence-electron chi connectivity index (χ4n) is 3.27. The molecule has 1 fully saturated rings. The molecule has 3 N–H and O–H groups in total. The molecule has 1 unspecified atom stereocenters. The van der Waals surface area contributed by atoms with Gasteiger partial charge in [-0.25, -0.2) is 4.98 Å². The first kappa shape index (κ1) is 16.1. The zero-order chi connectivity index (χ0) is 16.2. The highest BCUT2D eigenvalue weighted by molar-refractivity contribution is 7.10. The summed E-state index contributed by atoms with van der Waals surface area (Å²) in [6.45, 7) is 2.60. The minimum Gasteiger partial charge on any atom is -0.347 e. The Hall–Kier alpha value is -1.72. The summed E-state index contributed by atoms with van der Waals surface area (Å²) in [5, 5.41) is 6.11. The van der Waals surface area contributed by atoms with Gasteiger partial charge in [-0.1, -0.05) is 36.8 Å². The number of amides is 1. The van der Waals surface area contributed by atoms with Crippen LogP contribution in [-0.2, 0) is 4.79 Å². The summed E-state index contributed by atoms with van der Waals surface area (Å²) in [4.78, 5) is 17.2. The van der Waals surface area contributed by atoms with Crippen LogP contribution in [-0.4, -0.2) is 17.4 Å². The lowest BCUT2D eigenvalue weighted by atomic mass is 9.95. The molecule has 1 aromatic carbocycles. The van der Waals surface area contributed by atoms with Gasteiger partial charge in [0.2, 0.25) is 5.91 Å². The van der Waals surface area contributed by atoms with E-state index in [2.05, 4.69) is 10.3 Å². The maximum Gasteiger partial charge on any atom is 0.223 e. The Bertz CT molecular complexity index is 655. The number of nitrogens with zero attached hydrogens (tertiary/aromatic N) is 1. The normalized spacial score (nSPS) is 22.0. The summed E-state index contributed by atoms with van der Waals surface area (Å²) in [6.07, 6.45) is 3.12. The molecule has 0 radical (unpaired) electrons. The molecule has 1 aliphatic rings. The monoisotopic (exact) mass is 329 g/mol. The zero-order valence-corrected chi connectivity index (χ0v) is 14.2. The number of nitrogens with two attached hydrogens (primary N) is 1. The molecule has 0 aliphatic heterocycles. The van der Waals surface area contributed by atoms with Gasteiger partial charge in [0.25, 0.3) is 0 Å². The van der Waals surface area contributed by atoms with E-state index in [0.29, 0.717) is 12.5 Å². The molecule has 2 aromatic rings. The Balaban J connectivity index is 1.66. The number of hydrogen-bond donors (Lipinski definition) is 2. The van der Waals surface area contributed by atoms with E-state index in [0.717, 1.165) is 35.5 Å². The fourth-order valence-corrected chi connectivity index (χ4v) is 4.11. The molecule has 1 aromatic heterocycles. The van der Waals surface area contributed by atoms with E-state index in [4.69, 9.17) is 5.73 Å². The molecular weight excluding hydrogens is 306 g/mol. The van der Waals surface area contributed by atoms with Crippen molar-refractivity contribution in [3.8, 4) is 11.3 Å². The zero-order valence-electron chi connectivity index (χ0n) is 13.4. The lowest BCUT2D eigenvalue weighted by Gasteiger charge is -2.19. The number of carbonyl (C=O) groups excluding carboxylic acids is 1. The smallest absolute Gasteiger partial charge is 0.223 e. The van der Waals surface area contributed by atoms with Crippen LogP contribution in [0.1, 0.15) is 37.2 Å². The van der Waals surface area contributed by atoms with Gasteiger partial charge >= 0.3 is 0 Å². The molecule has 4 nitrogen and oxygen atoms in total. The van der Waals surface area contributed by atoms with Gasteiger partial charge in [-0.2, -0.15) is 0 Å². The van der Waals surface area contributed by atoms with Gasteiger partial charge in [0.15, 0.2) is 0 Å². The second kappa shape index (κ2) is 7.23. The first-order chi connectivity index (χ1) is 11.2. The van der Waals surface area contributed by atoms with Crippen LogP contribution in [0.4, 0.5) is 0 Å². The maximum absolute atomic E-state index is 12.5. The molecule has 3 atom stereocenters. The Morgan fingerprint density at radius 1 is 1.39 bits per heavy atom. The first-order valence-corrected chi connectivity index (χ1v) is 9.08. The number of rotatable bonds is 5. The highest BCUT2D eigenvalue weighted by Gasteiger charge is 2.32. The van der Waals surface area contributed by atoms with E-state index in [1.54, 1.807) is 11.3 Å². The lowest BCUT2D eigenvalue weighted by molar-refractivity contribution is -0.126. The van der Waals surface area contributed by atoms with E-state index in [-0.39, 0.29) is 17.9 Å². The van der Waals surface area contributed by atoms with Gasteiger partial charge in [-0.15, -0.1) is 11.3 Å². The standard InChI is InChI=1S/C18H23N3OS/c1-12(20-17(22)15-9-5-8-14(15)10-19)18-21-16(11-23-18)13-6-3-2-4-7-13/h2-4,6-7,11-12,14-15H,5,8-10,19H2,1H3,(H,20,22)/t12?,14-,15-/m1/s1. The molecule has 5 heteroatoms. The largest absolute Gasteiger partial charge is 0.347 e. The Kier molecular flexibility index (Phi) is 5.08. The van der Waals surface area contributed by atoms with Crippen molar-refractivity contribution in [3.63, 3.8) is 0 Å². The quantitative estimate of drug-likeness (QED) is 0.884. The maximum atomic E-state index is 12.5. The summed E-state index contributed by atoms with van der Waals surface area (Å²) in [7, 11) is 0. The minimum absolute atomic E-state index is 0.0657. The van der Waals surface area contributed by atoms with Crippen LogP contribution in [0.15, 0.2) is 35.7 Å². The highest BCUT2D eigenvalue weighted by Crippen LogP contribution is 2.32. The van der Waals surface area contributed by atoms with Crippen LogP contribution in [0.3, 0.4) is 0 Å². The van der Waals surface area contributed by atoms with Gasteiger partial charge in [-0.05, 0) is 32.2 Å². The van der Waals surface area contributed by atoms with Crippen LogP contribution in [0.2, 0.25) is 0 Å². The van der Waals surface area contributed by atoms with Gasteiger partial charge < -0.3 is 11.1 Å². The van der Waals surface area contributed by atoms with Crippen molar-refractivity contribution < 1.29 is 4.79 Å². The second-order valence-corrected chi connectivity index (χ2v) is 7.09. The van der Waals surface area contributed by atoms with Crippen molar-refractivity contribution in [1.29, 1.82) is 0 Å². The van der Waals surface area contributed by atoms with Gasteiger partial charge in [0.05, 0.1) is 11.7 Å². The predicted octanol–water partition coefficient (Wildman–Crippen LogP) is 3.36. The number of thiazole rings is 1. The molecule has 0 bridgehead atoms. The first-order valence-electron chi connectivity index (χ1n) is 8.20. The van der Waals surface area contributed by atoms with E-state index in [1.807, 2.05) is 42.6 Å². The molecule has 0 spiro atoms. The third kappa shape index (κ3) is 3.62. The number of hydrogen-bond acceptors (Lipinski definition) is 4. The lowest BCUT2D eigenvalue weighted by Crippen LogP contribution is -2.36. The third-order valence-electron chi connectivity index (χ3n) is 4.62. The Morgan fingerprint density at radius 2 is 2.17 bits per heavy atom. The average molecular weight is 329 g/mol. The Morgan fingerprint density at radius 3 is 2.91 bits per heavy atom. The molecule has 1 amide bonds. The number of carbonyl (C=O) groups is 1. The summed E-state index contributed by atoms with van der Waals surface area (Å²) >= 11 is 1.59. The van der Waals surface area contributed by atoms with Crippen LogP contribution in [0, 0.1) is 11.8 Å². The van der Waals surface area contributed by atoms with E-state index < -0.39 is 0 Å². The second-order valence-electron chi connectivity index (χ2n) is 6.20. The SMILES string of the molecule is CC(NC(=O)[C@@H]1CCC[C@@H]1CN)c1nc(-c2ccccc2)cs1. The average Bonchev–Trinajstić information content (AvgIpc) is 3.24. The topological polar surface area (TPSA) is 68.0 Å². The van der Waals surface area contributed by atoms with Gasteiger partial charge in [0.1, 0.15) is 5.01 Å². The summed E-state index contributed by atoms with van der Waals surface area (Å²) in [5.41, 5.74) is 7.85. The number of nitrogens with one attached hydrogen (secondary N) is 1. The van der Waals surface area contributed by atoms with Crippen LogP contribution >= 0.6 is 11.3 Å². The molecular formula is C18H23N3OS. The van der Waals surface area contributed by atoms with Crippen molar-refractivity contribution in [2.75, 3.05) is 6.54 Å². The number of benzene rings is 1. The van der Waals surface area contributed by atoms with Crippen LogP contribution in [0.25, 0.3) is 11.3 Å². The third-order valence-corrected chi connectivity index (χ3v) is 5.65. The van der Waals surface area contributed by atoms with Crippen molar-refractivity contribution in [2.24, 2.45) is 17.6 Å². The van der Waals surface area contributed by atoms with Crippen LogP contribution in [0.5, 0.6) is 0 Å². The van der Waals surface area contributed by atoms with Gasteiger partial charge in [-0.3, -0.25) is 4.79 Å². The molecule has 1 aliphatic carbocycles. The molecule has 122 valence electrons. The molecule has 0 saturated heterocycles. The van der Waals surface area contributed by atoms with Gasteiger partial charge in [0, 0.05) is 16.9 Å². The van der Waals surface area contributed by atoms with Crippen molar-refractivity contribution in [3.05, 3.63) is 40.7 Å². The van der Waals surface area contributed by atoms with E-state index in [1.165, 1.54) is 0 Å². The molecule has 1 heterocycles. The summed E-state index contributed by atoms with van der Waals surface area (Å²) in [6, 6.07) is 10.0. The van der Waals surface area contributed by atoms with Crippen LogP contribution < -0.4 is 11.1 Å².